The number of amides is 2. The number of halogens is 1. The fraction of sp³-hybridized carbons (Fsp3) is 0.444. The van der Waals surface area contributed by atoms with Gasteiger partial charge in [-0.15, -0.1) is 10.2 Å². The summed E-state index contributed by atoms with van der Waals surface area (Å²) in [5, 5.41) is 13.4. The number of aromatic nitrogens is 2. The van der Waals surface area contributed by atoms with E-state index >= 15 is 0 Å². The number of carbonyl (C=O) groups is 2. The second-order valence-corrected chi connectivity index (χ2v) is 8.08. The molecule has 7 nitrogen and oxygen atoms in total. The molecule has 0 aliphatic carbocycles. The lowest BCUT2D eigenvalue weighted by Gasteiger charge is -2.22. The number of benzene rings is 1. The third-order valence-electron chi connectivity index (χ3n) is 4.89. The summed E-state index contributed by atoms with van der Waals surface area (Å²) in [6, 6.07) is 7.17. The lowest BCUT2D eigenvalue weighted by atomic mass is 10.2. The molecule has 2 fully saturated rings. The van der Waals surface area contributed by atoms with Crippen molar-refractivity contribution in [2.75, 3.05) is 22.9 Å². The molecule has 0 spiro atoms. The molecule has 2 amide bonds. The van der Waals surface area contributed by atoms with Gasteiger partial charge in [0.1, 0.15) is 6.04 Å². The quantitative estimate of drug-likeness (QED) is 0.827. The van der Waals surface area contributed by atoms with Gasteiger partial charge in [0.15, 0.2) is 0 Å². The number of nitrogens with one attached hydrogen (secondary N) is 1. The minimum atomic E-state index is -0.257. The van der Waals surface area contributed by atoms with Gasteiger partial charge in [-0.3, -0.25) is 14.5 Å². The zero-order chi connectivity index (χ0) is 18.8. The van der Waals surface area contributed by atoms with Crippen molar-refractivity contribution < 1.29 is 9.59 Å². The number of hydrogen-bond acceptors (Lipinski definition) is 6. The third-order valence-corrected chi connectivity index (χ3v) is 6.12. The number of anilines is 2. The molecule has 2 aromatic rings. The molecular weight excluding hydrogens is 386 g/mol. The molecule has 0 radical (unpaired) electrons. The minimum Gasteiger partial charge on any atom is -0.350 e. The van der Waals surface area contributed by atoms with Crippen LogP contribution in [0.5, 0.6) is 0 Å². The Morgan fingerprint density at radius 2 is 1.96 bits per heavy atom. The molecule has 1 aromatic heterocycles. The molecule has 2 aliphatic rings. The molecule has 0 saturated carbocycles. The first-order valence-corrected chi connectivity index (χ1v) is 10.2. The second-order valence-electron chi connectivity index (χ2n) is 6.71. The van der Waals surface area contributed by atoms with Crippen molar-refractivity contribution in [1.82, 2.24) is 15.5 Å². The van der Waals surface area contributed by atoms with Gasteiger partial charge in [-0.1, -0.05) is 35.1 Å². The smallest absolute Gasteiger partial charge is 0.243 e. The van der Waals surface area contributed by atoms with Crippen LogP contribution in [-0.2, 0) is 16.1 Å². The molecule has 3 heterocycles. The maximum Gasteiger partial charge on any atom is 0.243 e. The van der Waals surface area contributed by atoms with E-state index < -0.39 is 0 Å². The van der Waals surface area contributed by atoms with E-state index in [4.69, 9.17) is 11.6 Å². The molecule has 27 heavy (non-hydrogen) atoms. The van der Waals surface area contributed by atoms with Crippen LogP contribution in [0.15, 0.2) is 24.3 Å². The number of nitrogens with zero attached hydrogens (tertiary/aromatic N) is 4. The van der Waals surface area contributed by atoms with E-state index in [1.165, 1.54) is 11.3 Å². The summed E-state index contributed by atoms with van der Waals surface area (Å²) in [5.74, 6) is 0.0767. The normalized spacial score (nSPS) is 19.7. The highest BCUT2D eigenvalue weighted by Gasteiger charge is 2.34. The maximum absolute atomic E-state index is 12.7. The zero-order valence-corrected chi connectivity index (χ0v) is 16.3. The SMILES string of the molecule is O=C(NCc1ccc(Cl)cc1)[C@H]1CCCN1c1nnc(N2CCCC2=O)s1. The summed E-state index contributed by atoms with van der Waals surface area (Å²) in [5.41, 5.74) is 1.00. The molecule has 1 aromatic carbocycles. The van der Waals surface area contributed by atoms with Crippen molar-refractivity contribution in [1.29, 1.82) is 0 Å². The Morgan fingerprint density at radius 3 is 2.70 bits per heavy atom. The topological polar surface area (TPSA) is 78.4 Å². The number of hydrogen-bond donors (Lipinski definition) is 1. The van der Waals surface area contributed by atoms with E-state index in [1.807, 2.05) is 29.2 Å². The Morgan fingerprint density at radius 1 is 1.19 bits per heavy atom. The summed E-state index contributed by atoms with van der Waals surface area (Å²) in [6.07, 6.45) is 3.13. The van der Waals surface area contributed by atoms with Gasteiger partial charge in [0.25, 0.3) is 0 Å². The van der Waals surface area contributed by atoms with E-state index in [0.29, 0.717) is 34.8 Å². The molecule has 1 N–H and O–H groups in total. The summed E-state index contributed by atoms with van der Waals surface area (Å²) < 4.78 is 0. The van der Waals surface area contributed by atoms with Gasteiger partial charge < -0.3 is 10.2 Å². The minimum absolute atomic E-state index is 0.0172. The molecule has 4 rings (SSSR count). The molecule has 2 saturated heterocycles. The number of rotatable bonds is 5. The van der Waals surface area contributed by atoms with E-state index in [1.54, 1.807) is 4.90 Å². The highest BCUT2D eigenvalue weighted by Crippen LogP contribution is 2.33. The molecule has 2 aliphatic heterocycles. The Bertz CT molecular complexity index is 841. The fourth-order valence-corrected chi connectivity index (χ4v) is 4.55. The molecule has 142 valence electrons. The standard InChI is InChI=1S/C18H20ClN5O2S/c19-13-7-5-12(6-8-13)11-20-16(26)14-3-1-9-23(14)17-21-22-18(27-17)24-10-2-4-15(24)25/h5-8,14H,1-4,9-11H2,(H,20,26)/t14-/m1/s1. The summed E-state index contributed by atoms with van der Waals surface area (Å²) in [7, 11) is 0. The van der Waals surface area contributed by atoms with Gasteiger partial charge in [0.2, 0.25) is 22.1 Å². The average molecular weight is 406 g/mol. The lowest BCUT2D eigenvalue weighted by molar-refractivity contribution is -0.122. The lowest BCUT2D eigenvalue weighted by Crippen LogP contribution is -2.43. The van der Waals surface area contributed by atoms with Crippen molar-refractivity contribution in [2.24, 2.45) is 0 Å². The van der Waals surface area contributed by atoms with Crippen LogP contribution in [0.3, 0.4) is 0 Å². The van der Waals surface area contributed by atoms with Gasteiger partial charge in [0.05, 0.1) is 0 Å². The molecule has 0 bridgehead atoms. The predicted molar refractivity (Wildman–Crippen MR) is 105 cm³/mol. The monoisotopic (exact) mass is 405 g/mol. The van der Waals surface area contributed by atoms with Crippen molar-refractivity contribution >= 4 is 45.0 Å². The molecule has 1 atom stereocenters. The first kappa shape index (κ1) is 18.2. The van der Waals surface area contributed by atoms with Crippen LogP contribution in [0.2, 0.25) is 5.02 Å². The van der Waals surface area contributed by atoms with Crippen LogP contribution in [0, 0.1) is 0 Å². The maximum atomic E-state index is 12.7. The van der Waals surface area contributed by atoms with Crippen molar-refractivity contribution in [3.8, 4) is 0 Å². The van der Waals surface area contributed by atoms with Crippen LogP contribution in [-0.4, -0.2) is 41.1 Å². The van der Waals surface area contributed by atoms with E-state index in [2.05, 4.69) is 15.5 Å². The van der Waals surface area contributed by atoms with E-state index in [-0.39, 0.29) is 17.9 Å². The van der Waals surface area contributed by atoms with Crippen molar-refractivity contribution in [3.63, 3.8) is 0 Å². The Labute approximate surface area is 166 Å². The van der Waals surface area contributed by atoms with Gasteiger partial charge >= 0.3 is 0 Å². The second kappa shape index (κ2) is 7.82. The molecule has 0 unspecified atom stereocenters. The van der Waals surface area contributed by atoms with Crippen LogP contribution < -0.4 is 15.1 Å². The summed E-state index contributed by atoms with van der Waals surface area (Å²) in [4.78, 5) is 28.3. The molecular formula is C18H20ClN5O2S. The van der Waals surface area contributed by atoms with Crippen LogP contribution in [0.25, 0.3) is 0 Å². The average Bonchev–Trinajstić information content (AvgIpc) is 3.40. The van der Waals surface area contributed by atoms with E-state index in [9.17, 15) is 9.59 Å². The van der Waals surface area contributed by atoms with Crippen LogP contribution in [0.1, 0.15) is 31.2 Å². The summed E-state index contributed by atoms with van der Waals surface area (Å²) >= 11 is 7.28. The third kappa shape index (κ3) is 3.91. The van der Waals surface area contributed by atoms with E-state index in [0.717, 1.165) is 31.4 Å². The Balaban J connectivity index is 1.41. The fourth-order valence-electron chi connectivity index (χ4n) is 3.46. The predicted octanol–water partition coefficient (Wildman–Crippen LogP) is 2.60. The van der Waals surface area contributed by atoms with Crippen LogP contribution in [0.4, 0.5) is 10.3 Å². The van der Waals surface area contributed by atoms with Gasteiger partial charge in [-0.2, -0.15) is 0 Å². The highest BCUT2D eigenvalue weighted by atomic mass is 35.5. The van der Waals surface area contributed by atoms with Crippen molar-refractivity contribution in [3.05, 3.63) is 34.9 Å². The Kier molecular flexibility index (Phi) is 5.27. The van der Waals surface area contributed by atoms with Gasteiger partial charge in [-0.25, -0.2) is 0 Å². The highest BCUT2D eigenvalue weighted by molar-refractivity contribution is 7.19. The zero-order valence-electron chi connectivity index (χ0n) is 14.7. The van der Waals surface area contributed by atoms with Gasteiger partial charge in [-0.05, 0) is 37.0 Å². The van der Waals surface area contributed by atoms with Crippen LogP contribution >= 0.6 is 22.9 Å². The van der Waals surface area contributed by atoms with Gasteiger partial charge in [0, 0.05) is 31.1 Å². The van der Waals surface area contributed by atoms with Crippen molar-refractivity contribution in [2.45, 2.75) is 38.3 Å². The Hall–Kier alpha value is -2.19. The summed E-state index contributed by atoms with van der Waals surface area (Å²) in [6.45, 7) is 1.92. The first-order chi connectivity index (χ1) is 13.1. The number of carbonyl (C=O) groups excluding carboxylic acids is 2. The first-order valence-electron chi connectivity index (χ1n) is 9.04. The molecule has 9 heteroatoms. The largest absolute Gasteiger partial charge is 0.350 e.